The Morgan fingerprint density at radius 2 is 2.14 bits per heavy atom. The van der Waals surface area contributed by atoms with Crippen molar-refractivity contribution in [1.29, 1.82) is 0 Å². The molecule has 1 N–H and O–H groups in total. The van der Waals surface area contributed by atoms with Gasteiger partial charge in [-0.1, -0.05) is 18.2 Å². The molecular weight excluding hydrogens is 176 g/mol. The molecule has 0 saturated heterocycles. The Morgan fingerprint density at radius 1 is 1.36 bits per heavy atom. The molecule has 0 spiro atoms. The average Bonchev–Trinajstić information content (AvgIpc) is 2.72. The zero-order valence-electron chi connectivity index (χ0n) is 7.81. The van der Waals surface area contributed by atoms with Crippen LogP contribution in [0.25, 0.3) is 5.69 Å². The fraction of sp³-hybridized carbons (Fsp3) is 0.182. The average molecular weight is 186 g/mol. The van der Waals surface area contributed by atoms with Gasteiger partial charge >= 0.3 is 0 Å². The van der Waals surface area contributed by atoms with Crippen LogP contribution in [-0.4, -0.2) is 14.7 Å². The van der Waals surface area contributed by atoms with Gasteiger partial charge in [-0.05, 0) is 13.0 Å². The predicted molar refractivity (Wildman–Crippen MR) is 52.2 cm³/mol. The molecule has 14 heavy (non-hydrogen) atoms. The van der Waals surface area contributed by atoms with Gasteiger partial charge in [-0.2, -0.15) is 0 Å². The first kappa shape index (κ1) is 7.76. The number of aliphatic hydroxyl groups is 1. The fourth-order valence-corrected chi connectivity index (χ4v) is 2.07. The van der Waals surface area contributed by atoms with Crippen LogP contribution in [0.5, 0.6) is 0 Å². The Kier molecular flexibility index (Phi) is 1.25. The molecule has 0 saturated carbocycles. The Morgan fingerprint density at radius 3 is 3.00 bits per heavy atom. The highest BCUT2D eigenvalue weighted by Gasteiger charge is 2.38. The highest BCUT2D eigenvalue weighted by atomic mass is 16.3. The molecule has 1 aliphatic rings. The van der Waals surface area contributed by atoms with Crippen molar-refractivity contribution in [2.45, 2.75) is 12.5 Å². The molecule has 0 amide bonds. The smallest absolute Gasteiger partial charge is 0.149 e. The lowest BCUT2D eigenvalue weighted by molar-refractivity contribution is 0.0990. The maximum absolute atomic E-state index is 10.3. The molecule has 0 bridgehead atoms. The van der Waals surface area contributed by atoms with Gasteiger partial charge in [-0.25, -0.2) is 4.98 Å². The number of aromatic nitrogens is 2. The molecular formula is C11H10N2O. The number of fused-ring (bicyclic) bond motifs is 3. The first-order valence-electron chi connectivity index (χ1n) is 4.57. The van der Waals surface area contributed by atoms with Crippen LogP contribution in [0, 0.1) is 0 Å². The van der Waals surface area contributed by atoms with E-state index in [1.54, 1.807) is 13.1 Å². The van der Waals surface area contributed by atoms with Gasteiger partial charge in [0.1, 0.15) is 11.4 Å². The van der Waals surface area contributed by atoms with Crippen molar-refractivity contribution < 1.29 is 5.11 Å². The number of rotatable bonds is 0. The second-order valence-electron chi connectivity index (χ2n) is 3.71. The Labute approximate surface area is 81.6 Å². The van der Waals surface area contributed by atoms with Gasteiger partial charge in [0.25, 0.3) is 0 Å². The summed E-state index contributed by atoms with van der Waals surface area (Å²) in [5.41, 5.74) is 0.980. The molecule has 1 aliphatic heterocycles. The quantitative estimate of drug-likeness (QED) is 0.676. The van der Waals surface area contributed by atoms with Crippen LogP contribution in [0.15, 0.2) is 36.7 Å². The van der Waals surface area contributed by atoms with Crippen LogP contribution in [0.2, 0.25) is 0 Å². The topological polar surface area (TPSA) is 38.0 Å². The third-order valence-corrected chi connectivity index (χ3v) is 2.76. The van der Waals surface area contributed by atoms with Crippen LogP contribution in [-0.2, 0) is 5.60 Å². The normalized spacial score (nSPS) is 23.3. The summed E-state index contributed by atoms with van der Waals surface area (Å²) in [5, 5.41) is 10.3. The van der Waals surface area contributed by atoms with Gasteiger partial charge in [0.05, 0.1) is 5.69 Å². The van der Waals surface area contributed by atoms with Gasteiger partial charge in [0.15, 0.2) is 0 Å². The number of nitrogens with zero attached hydrogens (tertiary/aromatic N) is 2. The van der Waals surface area contributed by atoms with Gasteiger partial charge in [-0.3, -0.25) is 0 Å². The molecule has 3 nitrogen and oxygen atoms in total. The molecule has 3 rings (SSSR count). The monoisotopic (exact) mass is 186 g/mol. The van der Waals surface area contributed by atoms with E-state index >= 15 is 0 Å². The van der Waals surface area contributed by atoms with Crippen molar-refractivity contribution >= 4 is 0 Å². The summed E-state index contributed by atoms with van der Waals surface area (Å²) in [4.78, 5) is 4.18. The molecule has 1 aromatic heterocycles. The molecule has 0 fully saturated rings. The number of benzene rings is 1. The third-order valence-electron chi connectivity index (χ3n) is 2.76. The van der Waals surface area contributed by atoms with Crippen molar-refractivity contribution in [1.82, 2.24) is 9.55 Å². The van der Waals surface area contributed by atoms with Crippen LogP contribution < -0.4 is 0 Å². The molecule has 3 heteroatoms. The number of para-hydroxylation sites is 1. The van der Waals surface area contributed by atoms with Crippen LogP contribution >= 0.6 is 0 Å². The van der Waals surface area contributed by atoms with E-state index in [0.717, 1.165) is 11.3 Å². The maximum Gasteiger partial charge on any atom is 0.149 e. The molecule has 0 aliphatic carbocycles. The van der Waals surface area contributed by atoms with Gasteiger partial charge in [0.2, 0.25) is 0 Å². The molecule has 1 unspecified atom stereocenters. The minimum atomic E-state index is -0.958. The van der Waals surface area contributed by atoms with E-state index in [9.17, 15) is 5.11 Å². The second-order valence-corrected chi connectivity index (χ2v) is 3.71. The van der Waals surface area contributed by atoms with E-state index in [4.69, 9.17) is 0 Å². The highest BCUT2D eigenvalue weighted by molar-refractivity contribution is 5.53. The minimum Gasteiger partial charge on any atom is -0.377 e. The third kappa shape index (κ3) is 0.731. The highest BCUT2D eigenvalue weighted by Crippen LogP contribution is 2.39. The molecule has 0 radical (unpaired) electrons. The van der Waals surface area contributed by atoms with Gasteiger partial charge < -0.3 is 9.67 Å². The fourth-order valence-electron chi connectivity index (χ4n) is 2.07. The lowest BCUT2D eigenvalue weighted by Gasteiger charge is -2.15. The lowest BCUT2D eigenvalue weighted by atomic mass is 9.97. The zero-order valence-corrected chi connectivity index (χ0v) is 7.81. The van der Waals surface area contributed by atoms with Crippen molar-refractivity contribution in [3.63, 3.8) is 0 Å². The lowest BCUT2D eigenvalue weighted by Crippen LogP contribution is -2.20. The molecule has 1 aromatic carbocycles. The van der Waals surface area contributed by atoms with Crippen LogP contribution in [0.1, 0.15) is 18.3 Å². The second kappa shape index (κ2) is 2.25. The van der Waals surface area contributed by atoms with Crippen molar-refractivity contribution in [2.75, 3.05) is 0 Å². The summed E-state index contributed by atoms with van der Waals surface area (Å²) in [6.07, 6.45) is 3.58. The zero-order chi connectivity index (χ0) is 9.76. The standard InChI is InChI=1S/C11H10N2O/c1-11(14)8-4-2-3-5-9(8)13-7-6-12-10(11)13/h2-7,14H,1H3. The molecule has 2 heterocycles. The summed E-state index contributed by atoms with van der Waals surface area (Å²) in [7, 11) is 0. The van der Waals surface area contributed by atoms with Crippen molar-refractivity contribution in [2.24, 2.45) is 0 Å². The summed E-state index contributed by atoms with van der Waals surface area (Å²) in [6.45, 7) is 1.78. The molecule has 2 aromatic rings. The van der Waals surface area contributed by atoms with E-state index < -0.39 is 5.60 Å². The number of imidazole rings is 1. The summed E-state index contributed by atoms with van der Waals surface area (Å²) in [5.74, 6) is 0.693. The summed E-state index contributed by atoms with van der Waals surface area (Å²) < 4.78 is 1.93. The largest absolute Gasteiger partial charge is 0.377 e. The van der Waals surface area contributed by atoms with Gasteiger partial charge in [0, 0.05) is 18.0 Å². The van der Waals surface area contributed by atoms with Crippen molar-refractivity contribution in [3.05, 3.63) is 48.0 Å². The van der Waals surface area contributed by atoms with E-state index in [2.05, 4.69) is 4.98 Å². The van der Waals surface area contributed by atoms with E-state index in [-0.39, 0.29) is 0 Å². The molecule has 1 atom stereocenters. The Hall–Kier alpha value is -1.61. The maximum atomic E-state index is 10.3. The SMILES string of the molecule is CC1(O)c2ccccc2-n2ccnc21. The molecule has 70 valence electrons. The van der Waals surface area contributed by atoms with Crippen molar-refractivity contribution in [3.8, 4) is 5.69 Å². The summed E-state index contributed by atoms with van der Waals surface area (Å²) >= 11 is 0. The van der Waals surface area contributed by atoms with Crippen LogP contribution in [0.3, 0.4) is 0 Å². The van der Waals surface area contributed by atoms with Crippen LogP contribution in [0.4, 0.5) is 0 Å². The van der Waals surface area contributed by atoms with E-state index in [1.165, 1.54) is 0 Å². The van der Waals surface area contributed by atoms with E-state index in [1.807, 2.05) is 35.0 Å². The summed E-state index contributed by atoms with van der Waals surface area (Å²) in [6, 6.07) is 7.82. The minimum absolute atomic E-state index is 0.693. The first-order valence-corrected chi connectivity index (χ1v) is 4.57. The number of hydrogen-bond donors (Lipinski definition) is 1. The van der Waals surface area contributed by atoms with E-state index in [0.29, 0.717) is 5.82 Å². The first-order chi connectivity index (χ1) is 6.71. The Bertz CT molecular complexity index is 499. The number of hydrogen-bond acceptors (Lipinski definition) is 2. The Balaban J connectivity index is 2.42. The van der Waals surface area contributed by atoms with Gasteiger partial charge in [-0.15, -0.1) is 0 Å². The predicted octanol–water partition coefficient (Wildman–Crippen LogP) is 1.44.